The molecular weight excluding hydrogens is 304 g/mol. The lowest BCUT2D eigenvalue weighted by Gasteiger charge is -2.11. The maximum absolute atomic E-state index is 3.95. The molecule has 0 spiro atoms. The van der Waals surface area contributed by atoms with Crippen molar-refractivity contribution in [1.82, 2.24) is 0 Å². The van der Waals surface area contributed by atoms with Crippen molar-refractivity contribution in [2.75, 3.05) is 0 Å². The summed E-state index contributed by atoms with van der Waals surface area (Å²) in [7, 11) is 0. The van der Waals surface area contributed by atoms with E-state index in [2.05, 4.69) is 45.7 Å². The van der Waals surface area contributed by atoms with Gasteiger partial charge in [0.2, 0.25) is 0 Å². The fourth-order valence-corrected chi connectivity index (χ4v) is 2.07. The molecule has 0 nitrogen and oxygen atoms in total. The van der Waals surface area contributed by atoms with Gasteiger partial charge in [0.15, 0.2) is 0 Å². The van der Waals surface area contributed by atoms with E-state index < -0.39 is 0 Å². The van der Waals surface area contributed by atoms with Crippen LogP contribution in [0.5, 0.6) is 0 Å². The first-order valence-electron chi connectivity index (χ1n) is 5.79. The zero-order valence-corrected chi connectivity index (χ0v) is 12.4. The Balaban J connectivity index is 3.06. The lowest BCUT2D eigenvalue weighted by atomic mass is 10.1. The molecule has 2 unspecified atom stereocenters. The topological polar surface area (TPSA) is 0 Å². The molecule has 0 aliphatic heterocycles. The second-order valence-corrected chi connectivity index (χ2v) is 6.29. The number of halogens is 2. The lowest BCUT2D eigenvalue weighted by Crippen LogP contribution is -2.09. The molecule has 0 aliphatic rings. The van der Waals surface area contributed by atoms with Gasteiger partial charge in [-0.1, -0.05) is 83.7 Å². The number of unbranched alkanes of at least 4 members (excludes halogenated alkanes) is 6. The molecule has 85 valence electrons. The Labute approximate surface area is 106 Å². The van der Waals surface area contributed by atoms with E-state index in [9.17, 15) is 0 Å². The minimum absolute atomic E-state index is 0.350. The summed E-state index contributed by atoms with van der Waals surface area (Å²) in [5.41, 5.74) is 0. The third kappa shape index (κ3) is 9.51. The zero-order chi connectivity index (χ0) is 10.8. The van der Waals surface area contributed by atoms with Crippen molar-refractivity contribution in [3.8, 4) is 0 Å². The van der Waals surface area contributed by atoms with E-state index in [0.29, 0.717) is 9.65 Å². The summed E-state index contributed by atoms with van der Waals surface area (Å²) in [6.45, 7) is 6.21. The molecule has 0 fully saturated rings. The number of rotatable bonds is 9. The Morgan fingerprint density at radius 3 is 1.93 bits per heavy atom. The standard InChI is InChI=1S/C12H23Br2/c1-3-4-5-6-7-8-9-10-12(14)11(2)13/h11-12H,2-10H2,1H3. The molecule has 0 aromatic carbocycles. The average molecular weight is 327 g/mol. The summed E-state index contributed by atoms with van der Waals surface area (Å²) >= 11 is 7.11. The highest BCUT2D eigenvalue weighted by Gasteiger charge is 2.09. The Hall–Kier alpha value is 0.960. The second kappa shape index (κ2) is 10.5. The van der Waals surface area contributed by atoms with Gasteiger partial charge in [0.25, 0.3) is 0 Å². The molecule has 0 N–H and O–H groups in total. The van der Waals surface area contributed by atoms with Crippen LogP contribution in [-0.4, -0.2) is 9.65 Å². The fraction of sp³-hybridized carbons (Fsp3) is 0.917. The van der Waals surface area contributed by atoms with E-state index in [-0.39, 0.29) is 0 Å². The first kappa shape index (κ1) is 15.0. The van der Waals surface area contributed by atoms with Crippen LogP contribution in [0.25, 0.3) is 0 Å². The summed E-state index contributed by atoms with van der Waals surface area (Å²) in [6.07, 6.45) is 11.0. The van der Waals surface area contributed by atoms with Crippen LogP contribution in [0, 0.1) is 6.92 Å². The molecule has 14 heavy (non-hydrogen) atoms. The van der Waals surface area contributed by atoms with Gasteiger partial charge in [-0.2, -0.15) is 0 Å². The van der Waals surface area contributed by atoms with E-state index in [1.807, 2.05) is 0 Å². The largest absolute Gasteiger partial charge is 0.0879 e. The van der Waals surface area contributed by atoms with Gasteiger partial charge in [-0.3, -0.25) is 0 Å². The molecule has 0 heterocycles. The van der Waals surface area contributed by atoms with Crippen molar-refractivity contribution < 1.29 is 0 Å². The quantitative estimate of drug-likeness (QED) is 0.388. The molecule has 0 aromatic rings. The Bertz CT molecular complexity index is 113. The molecule has 0 aromatic heterocycles. The first-order chi connectivity index (χ1) is 6.68. The van der Waals surface area contributed by atoms with Crippen LogP contribution < -0.4 is 0 Å². The van der Waals surface area contributed by atoms with Crippen molar-refractivity contribution in [2.24, 2.45) is 0 Å². The number of hydrogen-bond acceptors (Lipinski definition) is 0. The summed E-state index contributed by atoms with van der Waals surface area (Å²) in [5.74, 6) is 0. The van der Waals surface area contributed by atoms with Gasteiger partial charge < -0.3 is 0 Å². The first-order valence-corrected chi connectivity index (χ1v) is 7.62. The third-order valence-electron chi connectivity index (χ3n) is 2.48. The molecular formula is C12H23Br2. The zero-order valence-electron chi connectivity index (χ0n) is 9.27. The maximum Gasteiger partial charge on any atom is 0.0271 e. The molecule has 2 heteroatoms. The number of hydrogen-bond donors (Lipinski definition) is 0. The third-order valence-corrected chi connectivity index (χ3v) is 4.92. The van der Waals surface area contributed by atoms with Crippen LogP contribution in [0.2, 0.25) is 0 Å². The van der Waals surface area contributed by atoms with Gasteiger partial charge in [-0.25, -0.2) is 0 Å². The van der Waals surface area contributed by atoms with Crippen LogP contribution in [-0.2, 0) is 0 Å². The van der Waals surface area contributed by atoms with Gasteiger partial charge in [0, 0.05) is 9.65 Å². The van der Waals surface area contributed by atoms with Crippen molar-refractivity contribution in [1.29, 1.82) is 0 Å². The molecule has 0 rings (SSSR count). The lowest BCUT2D eigenvalue weighted by molar-refractivity contribution is 0.573. The van der Waals surface area contributed by atoms with E-state index in [4.69, 9.17) is 0 Å². The summed E-state index contributed by atoms with van der Waals surface area (Å²) < 4.78 is 0. The Morgan fingerprint density at radius 2 is 1.43 bits per heavy atom. The monoisotopic (exact) mass is 325 g/mol. The van der Waals surface area contributed by atoms with Crippen molar-refractivity contribution in [2.45, 2.75) is 67.9 Å². The van der Waals surface area contributed by atoms with E-state index in [1.165, 1.54) is 51.4 Å². The van der Waals surface area contributed by atoms with Crippen LogP contribution >= 0.6 is 31.9 Å². The van der Waals surface area contributed by atoms with E-state index >= 15 is 0 Å². The highest BCUT2D eigenvalue weighted by atomic mass is 79.9. The minimum atomic E-state index is 0.350. The minimum Gasteiger partial charge on any atom is -0.0879 e. The summed E-state index contributed by atoms with van der Waals surface area (Å²) in [5, 5.41) is 0. The molecule has 0 amide bonds. The summed E-state index contributed by atoms with van der Waals surface area (Å²) in [4.78, 5) is 0.890. The fourth-order valence-electron chi connectivity index (χ4n) is 1.48. The molecule has 2 atom stereocenters. The van der Waals surface area contributed by atoms with Gasteiger partial charge in [-0.05, 0) is 13.3 Å². The van der Waals surface area contributed by atoms with Crippen LogP contribution in [0.3, 0.4) is 0 Å². The molecule has 0 aliphatic carbocycles. The van der Waals surface area contributed by atoms with Crippen LogP contribution in [0.1, 0.15) is 58.3 Å². The highest BCUT2D eigenvalue weighted by Crippen LogP contribution is 2.20. The smallest absolute Gasteiger partial charge is 0.0271 e. The second-order valence-electron chi connectivity index (χ2n) is 3.94. The summed E-state index contributed by atoms with van der Waals surface area (Å²) in [6, 6.07) is 0. The SMILES string of the molecule is [CH2]C(Br)C(Br)CCCCCCCCC. The predicted octanol–water partition coefficient (Wildman–Crippen LogP) is 5.49. The van der Waals surface area contributed by atoms with Crippen LogP contribution in [0.4, 0.5) is 0 Å². The van der Waals surface area contributed by atoms with Crippen molar-refractivity contribution in [3.05, 3.63) is 6.92 Å². The number of alkyl halides is 2. The van der Waals surface area contributed by atoms with Gasteiger partial charge in [0.05, 0.1) is 0 Å². The molecule has 0 bridgehead atoms. The van der Waals surface area contributed by atoms with Gasteiger partial charge in [-0.15, -0.1) is 0 Å². The highest BCUT2D eigenvalue weighted by molar-refractivity contribution is 9.12. The Morgan fingerprint density at radius 1 is 0.929 bits per heavy atom. The van der Waals surface area contributed by atoms with E-state index in [1.54, 1.807) is 0 Å². The van der Waals surface area contributed by atoms with Crippen molar-refractivity contribution >= 4 is 31.9 Å². The average Bonchev–Trinajstić information content (AvgIpc) is 2.16. The van der Waals surface area contributed by atoms with Crippen molar-refractivity contribution in [3.63, 3.8) is 0 Å². The maximum atomic E-state index is 3.95. The predicted molar refractivity (Wildman–Crippen MR) is 73.4 cm³/mol. The van der Waals surface area contributed by atoms with Gasteiger partial charge >= 0.3 is 0 Å². The molecule has 0 saturated heterocycles. The van der Waals surface area contributed by atoms with E-state index in [0.717, 1.165) is 0 Å². The van der Waals surface area contributed by atoms with Gasteiger partial charge in [0.1, 0.15) is 0 Å². The van der Waals surface area contributed by atoms with Crippen LogP contribution in [0.15, 0.2) is 0 Å². The molecule has 0 saturated carbocycles. The Kier molecular flexibility index (Phi) is 11.2. The normalized spacial score (nSPS) is 15.4. The molecule has 1 radical (unpaired) electrons.